The first-order chi connectivity index (χ1) is 7.22. The SMILES string of the molecule is Cc1cccc(CNC(=O)CCC=O)c1. The van der Waals surface area contributed by atoms with Crippen LogP contribution in [0.25, 0.3) is 0 Å². The molecule has 0 heterocycles. The Hall–Kier alpha value is -1.64. The molecule has 0 fully saturated rings. The van der Waals surface area contributed by atoms with Gasteiger partial charge in [0.15, 0.2) is 0 Å². The summed E-state index contributed by atoms with van der Waals surface area (Å²) in [6.07, 6.45) is 1.32. The summed E-state index contributed by atoms with van der Waals surface area (Å²) in [6, 6.07) is 7.97. The first-order valence-corrected chi connectivity index (χ1v) is 4.98. The lowest BCUT2D eigenvalue weighted by molar-refractivity contribution is -0.122. The van der Waals surface area contributed by atoms with Crippen LogP contribution in [0.1, 0.15) is 24.0 Å². The summed E-state index contributed by atoms with van der Waals surface area (Å²) in [5.74, 6) is -0.0800. The topological polar surface area (TPSA) is 46.2 Å². The van der Waals surface area contributed by atoms with Crippen LogP contribution >= 0.6 is 0 Å². The minimum absolute atomic E-state index is 0.0800. The zero-order valence-corrected chi connectivity index (χ0v) is 8.82. The van der Waals surface area contributed by atoms with E-state index < -0.39 is 0 Å². The van der Waals surface area contributed by atoms with Crippen molar-refractivity contribution in [3.05, 3.63) is 35.4 Å². The lowest BCUT2D eigenvalue weighted by Gasteiger charge is -2.04. The number of hydrogen-bond acceptors (Lipinski definition) is 2. The Balaban J connectivity index is 2.36. The second-order valence-corrected chi connectivity index (χ2v) is 3.47. The molecular weight excluding hydrogens is 190 g/mol. The molecule has 1 aromatic carbocycles. The van der Waals surface area contributed by atoms with E-state index in [0.717, 1.165) is 11.8 Å². The van der Waals surface area contributed by atoms with Gasteiger partial charge in [0.05, 0.1) is 0 Å². The Bertz CT molecular complexity index is 347. The highest BCUT2D eigenvalue weighted by Crippen LogP contribution is 2.03. The molecule has 0 aliphatic carbocycles. The summed E-state index contributed by atoms with van der Waals surface area (Å²) >= 11 is 0. The van der Waals surface area contributed by atoms with Gasteiger partial charge in [0.1, 0.15) is 6.29 Å². The van der Waals surface area contributed by atoms with E-state index in [-0.39, 0.29) is 12.3 Å². The van der Waals surface area contributed by atoms with E-state index in [0.29, 0.717) is 13.0 Å². The number of aryl methyl sites for hydroxylation is 1. The highest BCUT2D eigenvalue weighted by molar-refractivity contribution is 5.78. The molecule has 15 heavy (non-hydrogen) atoms. The summed E-state index contributed by atoms with van der Waals surface area (Å²) < 4.78 is 0. The van der Waals surface area contributed by atoms with Crippen molar-refractivity contribution < 1.29 is 9.59 Å². The van der Waals surface area contributed by atoms with Gasteiger partial charge in [0.25, 0.3) is 0 Å². The molecule has 0 spiro atoms. The van der Waals surface area contributed by atoms with Crippen LogP contribution in [0.4, 0.5) is 0 Å². The third kappa shape index (κ3) is 4.40. The summed E-state index contributed by atoms with van der Waals surface area (Å²) in [6.45, 7) is 2.54. The van der Waals surface area contributed by atoms with E-state index in [1.54, 1.807) is 0 Å². The molecule has 0 unspecified atom stereocenters. The van der Waals surface area contributed by atoms with Crippen molar-refractivity contribution in [3.8, 4) is 0 Å². The summed E-state index contributed by atoms with van der Waals surface area (Å²) in [4.78, 5) is 21.2. The number of nitrogens with one attached hydrogen (secondary N) is 1. The number of carbonyl (C=O) groups excluding carboxylic acids is 2. The number of benzene rings is 1. The van der Waals surface area contributed by atoms with Crippen molar-refractivity contribution in [1.82, 2.24) is 5.32 Å². The first-order valence-electron chi connectivity index (χ1n) is 4.98. The van der Waals surface area contributed by atoms with Crippen LogP contribution in [0, 0.1) is 6.92 Å². The van der Waals surface area contributed by atoms with E-state index in [1.807, 2.05) is 31.2 Å². The van der Waals surface area contributed by atoms with E-state index in [9.17, 15) is 9.59 Å². The number of carbonyl (C=O) groups is 2. The Labute approximate surface area is 89.5 Å². The third-order valence-electron chi connectivity index (χ3n) is 2.06. The standard InChI is InChI=1S/C12H15NO2/c1-10-4-2-5-11(8-10)9-13-12(15)6-3-7-14/h2,4-5,7-8H,3,6,9H2,1H3,(H,13,15). The molecule has 0 radical (unpaired) electrons. The monoisotopic (exact) mass is 205 g/mol. The molecule has 3 heteroatoms. The molecule has 80 valence electrons. The van der Waals surface area contributed by atoms with Gasteiger partial charge in [-0.25, -0.2) is 0 Å². The minimum Gasteiger partial charge on any atom is -0.352 e. The second-order valence-electron chi connectivity index (χ2n) is 3.47. The number of amides is 1. The smallest absolute Gasteiger partial charge is 0.220 e. The van der Waals surface area contributed by atoms with Gasteiger partial charge in [-0.15, -0.1) is 0 Å². The van der Waals surface area contributed by atoms with Crippen LogP contribution in [-0.4, -0.2) is 12.2 Å². The Kier molecular flexibility index (Phi) is 4.54. The lowest BCUT2D eigenvalue weighted by atomic mass is 10.1. The Morgan fingerprint density at radius 2 is 2.27 bits per heavy atom. The Morgan fingerprint density at radius 1 is 1.47 bits per heavy atom. The average Bonchev–Trinajstić information content (AvgIpc) is 2.23. The fourth-order valence-electron chi connectivity index (χ4n) is 1.30. The predicted molar refractivity (Wildman–Crippen MR) is 58.3 cm³/mol. The molecule has 0 saturated heterocycles. The molecule has 1 aromatic rings. The fraction of sp³-hybridized carbons (Fsp3) is 0.333. The maximum Gasteiger partial charge on any atom is 0.220 e. The largest absolute Gasteiger partial charge is 0.352 e. The quantitative estimate of drug-likeness (QED) is 0.742. The average molecular weight is 205 g/mol. The van der Waals surface area contributed by atoms with Crippen LogP contribution in [0.2, 0.25) is 0 Å². The number of rotatable bonds is 5. The van der Waals surface area contributed by atoms with Crippen LogP contribution < -0.4 is 5.32 Å². The van der Waals surface area contributed by atoms with Gasteiger partial charge in [0, 0.05) is 19.4 Å². The molecule has 1 amide bonds. The van der Waals surface area contributed by atoms with Gasteiger partial charge >= 0.3 is 0 Å². The highest BCUT2D eigenvalue weighted by atomic mass is 16.1. The molecule has 3 nitrogen and oxygen atoms in total. The van der Waals surface area contributed by atoms with Gasteiger partial charge in [-0.1, -0.05) is 29.8 Å². The third-order valence-corrected chi connectivity index (χ3v) is 2.06. The van der Waals surface area contributed by atoms with Gasteiger partial charge in [0.2, 0.25) is 5.91 Å². The van der Waals surface area contributed by atoms with Crippen molar-refractivity contribution >= 4 is 12.2 Å². The zero-order chi connectivity index (χ0) is 11.1. The fourth-order valence-corrected chi connectivity index (χ4v) is 1.30. The molecule has 0 aromatic heterocycles. The first kappa shape index (κ1) is 11.4. The second kappa shape index (κ2) is 5.96. The number of hydrogen-bond donors (Lipinski definition) is 1. The van der Waals surface area contributed by atoms with Crippen molar-refractivity contribution in [2.24, 2.45) is 0 Å². The molecule has 0 saturated carbocycles. The van der Waals surface area contributed by atoms with Gasteiger partial charge < -0.3 is 10.1 Å². The maximum absolute atomic E-state index is 11.2. The van der Waals surface area contributed by atoms with Gasteiger partial charge in [-0.3, -0.25) is 4.79 Å². The van der Waals surface area contributed by atoms with Gasteiger partial charge in [-0.05, 0) is 12.5 Å². The van der Waals surface area contributed by atoms with Crippen molar-refractivity contribution in [3.63, 3.8) is 0 Å². The van der Waals surface area contributed by atoms with E-state index >= 15 is 0 Å². The maximum atomic E-state index is 11.2. The summed E-state index contributed by atoms with van der Waals surface area (Å²) in [5, 5.41) is 2.76. The van der Waals surface area contributed by atoms with Crippen LogP contribution in [0.15, 0.2) is 24.3 Å². The molecule has 0 atom stereocenters. The summed E-state index contributed by atoms with van der Waals surface area (Å²) in [5.41, 5.74) is 2.25. The highest BCUT2D eigenvalue weighted by Gasteiger charge is 2.00. The molecule has 0 aliphatic heterocycles. The minimum atomic E-state index is -0.0800. The number of aldehydes is 1. The molecular formula is C12H15NO2. The van der Waals surface area contributed by atoms with E-state index in [2.05, 4.69) is 5.32 Å². The molecule has 0 bridgehead atoms. The lowest BCUT2D eigenvalue weighted by Crippen LogP contribution is -2.22. The van der Waals surface area contributed by atoms with Crippen molar-refractivity contribution in [1.29, 1.82) is 0 Å². The Morgan fingerprint density at radius 3 is 2.93 bits per heavy atom. The van der Waals surface area contributed by atoms with Crippen molar-refractivity contribution in [2.75, 3.05) is 0 Å². The molecule has 1 rings (SSSR count). The summed E-state index contributed by atoms with van der Waals surface area (Å²) in [7, 11) is 0. The van der Waals surface area contributed by atoms with Crippen LogP contribution in [0.3, 0.4) is 0 Å². The van der Waals surface area contributed by atoms with Gasteiger partial charge in [-0.2, -0.15) is 0 Å². The predicted octanol–water partition coefficient (Wildman–Crippen LogP) is 1.59. The van der Waals surface area contributed by atoms with Crippen LogP contribution in [0.5, 0.6) is 0 Å². The van der Waals surface area contributed by atoms with E-state index in [1.165, 1.54) is 5.56 Å². The molecule has 0 aliphatic rings. The normalized spacial score (nSPS) is 9.67. The van der Waals surface area contributed by atoms with Crippen LogP contribution in [-0.2, 0) is 16.1 Å². The zero-order valence-electron chi connectivity index (χ0n) is 8.82. The molecule has 1 N–H and O–H groups in total. The van der Waals surface area contributed by atoms with Crippen molar-refractivity contribution in [2.45, 2.75) is 26.3 Å². The van der Waals surface area contributed by atoms with E-state index in [4.69, 9.17) is 0 Å².